The SMILES string of the molecule is CN1CCN(Cc2cc3cc(Cl)ccc3s2)CC1. The van der Waals surface area contributed by atoms with E-state index in [1.807, 2.05) is 17.4 Å². The molecule has 4 heteroatoms. The maximum Gasteiger partial charge on any atom is 0.0412 e. The molecule has 2 nitrogen and oxygen atoms in total. The van der Waals surface area contributed by atoms with Crippen LogP contribution in [0.1, 0.15) is 4.88 Å². The van der Waals surface area contributed by atoms with Crippen LogP contribution in [0.3, 0.4) is 0 Å². The number of benzene rings is 1. The third-order valence-electron chi connectivity index (χ3n) is 3.50. The topological polar surface area (TPSA) is 6.48 Å². The van der Waals surface area contributed by atoms with Gasteiger partial charge < -0.3 is 4.90 Å². The highest BCUT2D eigenvalue weighted by molar-refractivity contribution is 7.19. The quantitative estimate of drug-likeness (QED) is 0.833. The average Bonchev–Trinajstić information content (AvgIpc) is 2.73. The molecular formula is C14H17ClN2S. The molecule has 1 aliphatic rings. The van der Waals surface area contributed by atoms with Crippen molar-refractivity contribution in [3.8, 4) is 0 Å². The van der Waals surface area contributed by atoms with Crippen LogP contribution < -0.4 is 0 Å². The smallest absolute Gasteiger partial charge is 0.0412 e. The molecule has 3 rings (SSSR count). The summed E-state index contributed by atoms with van der Waals surface area (Å²) in [6.07, 6.45) is 0. The molecular weight excluding hydrogens is 264 g/mol. The molecule has 0 radical (unpaired) electrons. The summed E-state index contributed by atoms with van der Waals surface area (Å²) in [5, 5.41) is 2.10. The normalized spacial score (nSPS) is 18.6. The standard InChI is InChI=1S/C14H17ClN2S/c1-16-4-6-17(7-5-16)10-13-9-11-8-12(15)2-3-14(11)18-13/h2-3,8-9H,4-7,10H2,1H3. The van der Waals surface area contributed by atoms with Crippen LogP contribution in [0.5, 0.6) is 0 Å². The second-order valence-corrected chi connectivity index (χ2v) is 6.58. The molecule has 1 aromatic heterocycles. The minimum Gasteiger partial charge on any atom is -0.304 e. The van der Waals surface area contributed by atoms with E-state index in [1.54, 1.807) is 0 Å². The molecule has 0 spiro atoms. The lowest BCUT2D eigenvalue weighted by atomic mass is 10.2. The fraction of sp³-hybridized carbons (Fsp3) is 0.429. The maximum absolute atomic E-state index is 6.02. The van der Waals surface area contributed by atoms with E-state index in [-0.39, 0.29) is 0 Å². The second kappa shape index (κ2) is 5.17. The van der Waals surface area contributed by atoms with Crippen molar-refractivity contribution in [2.45, 2.75) is 6.54 Å². The van der Waals surface area contributed by atoms with Crippen LogP contribution in [0.2, 0.25) is 5.02 Å². The molecule has 0 saturated carbocycles. The van der Waals surface area contributed by atoms with Crippen molar-refractivity contribution in [1.82, 2.24) is 9.80 Å². The Labute approximate surface area is 117 Å². The number of piperazine rings is 1. The third-order valence-corrected chi connectivity index (χ3v) is 4.84. The highest BCUT2D eigenvalue weighted by atomic mass is 35.5. The van der Waals surface area contributed by atoms with Crippen molar-refractivity contribution >= 4 is 33.0 Å². The van der Waals surface area contributed by atoms with Gasteiger partial charge in [0.15, 0.2) is 0 Å². The Hall–Kier alpha value is -0.610. The lowest BCUT2D eigenvalue weighted by Gasteiger charge is -2.31. The zero-order chi connectivity index (χ0) is 12.5. The van der Waals surface area contributed by atoms with E-state index in [1.165, 1.54) is 41.1 Å². The number of likely N-dealkylation sites (N-methyl/N-ethyl adjacent to an activating group) is 1. The van der Waals surface area contributed by atoms with Crippen molar-refractivity contribution in [3.05, 3.63) is 34.2 Å². The van der Waals surface area contributed by atoms with Crippen molar-refractivity contribution in [1.29, 1.82) is 0 Å². The van der Waals surface area contributed by atoms with E-state index in [2.05, 4.69) is 35.0 Å². The molecule has 1 fully saturated rings. The van der Waals surface area contributed by atoms with Crippen molar-refractivity contribution in [3.63, 3.8) is 0 Å². The van der Waals surface area contributed by atoms with Gasteiger partial charge in [-0.15, -0.1) is 11.3 Å². The Balaban J connectivity index is 1.74. The zero-order valence-electron chi connectivity index (χ0n) is 10.5. The van der Waals surface area contributed by atoms with E-state index in [0.717, 1.165) is 11.6 Å². The lowest BCUT2D eigenvalue weighted by molar-refractivity contribution is 0.149. The van der Waals surface area contributed by atoms with E-state index in [0.29, 0.717) is 0 Å². The molecule has 0 N–H and O–H groups in total. The van der Waals surface area contributed by atoms with Gasteiger partial charge in [-0.25, -0.2) is 0 Å². The van der Waals surface area contributed by atoms with Crippen LogP contribution in [0.25, 0.3) is 10.1 Å². The number of hydrogen-bond donors (Lipinski definition) is 0. The lowest BCUT2D eigenvalue weighted by Crippen LogP contribution is -2.43. The van der Waals surface area contributed by atoms with E-state index >= 15 is 0 Å². The Morgan fingerprint density at radius 3 is 2.72 bits per heavy atom. The van der Waals surface area contributed by atoms with Crippen LogP contribution in [-0.2, 0) is 6.54 Å². The summed E-state index contributed by atoms with van der Waals surface area (Å²) in [4.78, 5) is 6.37. The van der Waals surface area contributed by atoms with Gasteiger partial charge in [-0.1, -0.05) is 11.6 Å². The van der Waals surface area contributed by atoms with Crippen LogP contribution >= 0.6 is 22.9 Å². The van der Waals surface area contributed by atoms with Crippen LogP contribution in [0.15, 0.2) is 24.3 Å². The molecule has 1 aliphatic heterocycles. The maximum atomic E-state index is 6.02. The summed E-state index contributed by atoms with van der Waals surface area (Å²) in [7, 11) is 2.19. The minimum atomic E-state index is 0.825. The number of halogens is 1. The van der Waals surface area contributed by atoms with Gasteiger partial charge >= 0.3 is 0 Å². The molecule has 0 atom stereocenters. The van der Waals surface area contributed by atoms with Gasteiger partial charge in [-0.3, -0.25) is 4.90 Å². The molecule has 0 bridgehead atoms. The number of thiophene rings is 1. The summed E-state index contributed by atoms with van der Waals surface area (Å²) < 4.78 is 1.34. The first-order valence-corrected chi connectivity index (χ1v) is 7.49. The van der Waals surface area contributed by atoms with E-state index in [9.17, 15) is 0 Å². The van der Waals surface area contributed by atoms with Gasteiger partial charge in [-0.05, 0) is 36.7 Å². The van der Waals surface area contributed by atoms with Crippen LogP contribution in [0.4, 0.5) is 0 Å². The Kier molecular flexibility index (Phi) is 3.57. The molecule has 2 heterocycles. The first kappa shape index (κ1) is 12.4. The molecule has 0 amide bonds. The van der Waals surface area contributed by atoms with E-state index in [4.69, 9.17) is 11.6 Å². The van der Waals surface area contributed by atoms with Gasteiger partial charge in [0, 0.05) is 47.3 Å². The summed E-state index contributed by atoms with van der Waals surface area (Å²) in [6.45, 7) is 5.77. The molecule has 18 heavy (non-hydrogen) atoms. The van der Waals surface area contributed by atoms with Gasteiger partial charge in [-0.2, -0.15) is 0 Å². The number of hydrogen-bond acceptors (Lipinski definition) is 3. The Morgan fingerprint density at radius 2 is 1.94 bits per heavy atom. The van der Waals surface area contributed by atoms with Crippen LogP contribution in [-0.4, -0.2) is 43.0 Å². The molecule has 0 aliphatic carbocycles. The molecule has 1 aromatic carbocycles. The fourth-order valence-electron chi connectivity index (χ4n) is 2.37. The van der Waals surface area contributed by atoms with Gasteiger partial charge in [0.25, 0.3) is 0 Å². The van der Waals surface area contributed by atoms with E-state index < -0.39 is 0 Å². The number of nitrogens with zero attached hydrogens (tertiary/aromatic N) is 2. The van der Waals surface area contributed by atoms with Gasteiger partial charge in [0.1, 0.15) is 0 Å². The molecule has 1 saturated heterocycles. The monoisotopic (exact) mass is 280 g/mol. The zero-order valence-corrected chi connectivity index (χ0v) is 12.1. The Morgan fingerprint density at radius 1 is 1.17 bits per heavy atom. The highest BCUT2D eigenvalue weighted by Crippen LogP contribution is 2.29. The summed E-state index contributed by atoms with van der Waals surface area (Å²) >= 11 is 7.91. The fourth-order valence-corrected chi connectivity index (χ4v) is 3.64. The second-order valence-electron chi connectivity index (χ2n) is 4.97. The molecule has 2 aromatic rings. The first-order valence-electron chi connectivity index (χ1n) is 6.29. The minimum absolute atomic E-state index is 0.825. The molecule has 0 unspecified atom stereocenters. The summed E-state index contributed by atoms with van der Waals surface area (Å²) in [5.41, 5.74) is 0. The average molecular weight is 281 g/mol. The molecule has 96 valence electrons. The van der Waals surface area contributed by atoms with Crippen molar-refractivity contribution in [2.75, 3.05) is 33.2 Å². The predicted octanol–water partition coefficient (Wildman–Crippen LogP) is 3.30. The van der Waals surface area contributed by atoms with Crippen LogP contribution in [0, 0.1) is 0 Å². The number of fused-ring (bicyclic) bond motifs is 1. The van der Waals surface area contributed by atoms with Crippen molar-refractivity contribution < 1.29 is 0 Å². The predicted molar refractivity (Wildman–Crippen MR) is 79.6 cm³/mol. The van der Waals surface area contributed by atoms with Crippen molar-refractivity contribution in [2.24, 2.45) is 0 Å². The Bertz CT molecular complexity index is 544. The van der Waals surface area contributed by atoms with Gasteiger partial charge in [0.2, 0.25) is 0 Å². The van der Waals surface area contributed by atoms with Gasteiger partial charge in [0.05, 0.1) is 0 Å². The largest absolute Gasteiger partial charge is 0.304 e. The third kappa shape index (κ3) is 2.69. The summed E-state index contributed by atoms with van der Waals surface area (Å²) in [6, 6.07) is 8.43. The number of rotatable bonds is 2. The first-order chi connectivity index (χ1) is 8.70. The summed E-state index contributed by atoms with van der Waals surface area (Å²) in [5.74, 6) is 0. The highest BCUT2D eigenvalue weighted by Gasteiger charge is 2.14.